The van der Waals surface area contributed by atoms with Gasteiger partial charge in [0.05, 0.1) is 5.54 Å². The molecule has 1 fully saturated rings. The van der Waals surface area contributed by atoms with Crippen LogP contribution in [0.2, 0.25) is 0 Å². The van der Waals surface area contributed by atoms with E-state index in [1.165, 1.54) is 12.3 Å². The summed E-state index contributed by atoms with van der Waals surface area (Å²) in [7, 11) is 0. The number of nitrogens with two attached hydrogens (primary N) is 1. The zero-order valence-electron chi connectivity index (χ0n) is 10.2. The molecule has 1 aromatic rings. The average Bonchev–Trinajstić information content (AvgIpc) is 3.13. The highest BCUT2D eigenvalue weighted by Gasteiger charge is 2.41. The van der Waals surface area contributed by atoms with Crippen LogP contribution in [0.25, 0.3) is 0 Å². The summed E-state index contributed by atoms with van der Waals surface area (Å²) in [6.45, 7) is 2.36. The van der Waals surface area contributed by atoms with Crippen LogP contribution in [0.5, 0.6) is 0 Å². The predicted molar refractivity (Wildman–Crippen MR) is 72.0 cm³/mol. The van der Waals surface area contributed by atoms with Gasteiger partial charge in [0.1, 0.15) is 0 Å². The van der Waals surface area contributed by atoms with Crippen LogP contribution in [0, 0.1) is 5.92 Å². The van der Waals surface area contributed by atoms with Crippen molar-refractivity contribution in [3.8, 4) is 0 Å². The van der Waals surface area contributed by atoms with Gasteiger partial charge < -0.3 is 16.0 Å². The lowest BCUT2D eigenvalue weighted by Crippen LogP contribution is -2.53. The predicted octanol–water partition coefficient (Wildman–Crippen LogP) is 0.654. The van der Waals surface area contributed by atoms with Crippen LogP contribution in [0.3, 0.4) is 0 Å². The Hall–Kier alpha value is -1.33. The van der Waals surface area contributed by atoms with Crippen molar-refractivity contribution in [2.45, 2.75) is 25.3 Å². The highest BCUT2D eigenvalue weighted by molar-refractivity contribution is 5.94. The first kappa shape index (κ1) is 14.7. The lowest BCUT2D eigenvalue weighted by Gasteiger charge is -2.29. The Balaban J connectivity index is 0.00000162. The standard InChI is InChI=1S/C12H17N3O2.ClH/c1-12(7-13,9-2-3-9)15-11(17)8-4-5-14-10(16)6-8;/h4-6,9H,2-3,7,13H2,1H3,(H,14,16)(H,15,17);1H. The molecule has 1 aliphatic rings. The molecular formula is C12H18ClN3O2. The van der Waals surface area contributed by atoms with Crippen molar-refractivity contribution in [3.05, 3.63) is 34.2 Å². The number of hydrogen-bond acceptors (Lipinski definition) is 3. The van der Waals surface area contributed by atoms with Gasteiger partial charge in [-0.2, -0.15) is 0 Å². The topological polar surface area (TPSA) is 88.0 Å². The fourth-order valence-corrected chi connectivity index (χ4v) is 1.96. The number of carbonyl (C=O) groups excluding carboxylic acids is 1. The van der Waals surface area contributed by atoms with Crippen LogP contribution in [-0.4, -0.2) is 23.0 Å². The molecule has 1 saturated carbocycles. The zero-order chi connectivity index (χ0) is 12.5. The van der Waals surface area contributed by atoms with E-state index in [4.69, 9.17) is 5.73 Å². The van der Waals surface area contributed by atoms with Crippen molar-refractivity contribution in [3.63, 3.8) is 0 Å². The van der Waals surface area contributed by atoms with Gasteiger partial charge in [-0.25, -0.2) is 0 Å². The van der Waals surface area contributed by atoms with Crippen LogP contribution in [-0.2, 0) is 0 Å². The quantitative estimate of drug-likeness (QED) is 0.751. The lowest BCUT2D eigenvalue weighted by atomic mass is 9.95. The van der Waals surface area contributed by atoms with E-state index >= 15 is 0 Å². The molecule has 1 heterocycles. The maximum absolute atomic E-state index is 12.0. The Morgan fingerprint density at radius 3 is 2.78 bits per heavy atom. The molecule has 4 N–H and O–H groups in total. The summed E-state index contributed by atoms with van der Waals surface area (Å²) in [6.07, 6.45) is 3.67. The van der Waals surface area contributed by atoms with Gasteiger partial charge in [0.15, 0.2) is 0 Å². The van der Waals surface area contributed by atoms with Crippen LogP contribution in [0.4, 0.5) is 0 Å². The van der Waals surface area contributed by atoms with E-state index in [2.05, 4.69) is 10.3 Å². The van der Waals surface area contributed by atoms with E-state index in [0.717, 1.165) is 12.8 Å². The van der Waals surface area contributed by atoms with Gasteiger partial charge in [-0.05, 0) is 31.7 Å². The minimum Gasteiger partial charge on any atom is -0.345 e. The average molecular weight is 272 g/mol. The second kappa shape index (κ2) is 5.54. The molecule has 5 nitrogen and oxygen atoms in total. The number of halogens is 1. The zero-order valence-corrected chi connectivity index (χ0v) is 11.0. The smallest absolute Gasteiger partial charge is 0.252 e. The first-order valence-corrected chi connectivity index (χ1v) is 5.76. The van der Waals surface area contributed by atoms with E-state index in [1.54, 1.807) is 6.07 Å². The van der Waals surface area contributed by atoms with Crippen molar-refractivity contribution in [1.29, 1.82) is 0 Å². The molecule has 0 bridgehead atoms. The summed E-state index contributed by atoms with van der Waals surface area (Å²) in [5, 5.41) is 2.93. The summed E-state index contributed by atoms with van der Waals surface area (Å²) >= 11 is 0. The number of H-pyrrole nitrogens is 1. The summed E-state index contributed by atoms with van der Waals surface area (Å²) in [4.78, 5) is 25.6. The molecular weight excluding hydrogens is 254 g/mol. The Morgan fingerprint density at radius 2 is 2.28 bits per heavy atom. The second-order valence-electron chi connectivity index (χ2n) is 4.79. The van der Waals surface area contributed by atoms with E-state index < -0.39 is 0 Å². The molecule has 100 valence electrons. The molecule has 6 heteroatoms. The molecule has 1 amide bonds. The third-order valence-electron chi connectivity index (χ3n) is 3.34. The number of pyridine rings is 1. The lowest BCUT2D eigenvalue weighted by molar-refractivity contribution is 0.0897. The van der Waals surface area contributed by atoms with Crippen molar-refractivity contribution >= 4 is 18.3 Å². The summed E-state index contributed by atoms with van der Waals surface area (Å²) in [5.41, 5.74) is 5.45. The number of amides is 1. The Morgan fingerprint density at radius 1 is 1.61 bits per heavy atom. The van der Waals surface area contributed by atoms with E-state index in [0.29, 0.717) is 18.0 Å². The molecule has 1 unspecified atom stereocenters. The van der Waals surface area contributed by atoms with E-state index in [-0.39, 0.29) is 29.4 Å². The van der Waals surface area contributed by atoms with Crippen molar-refractivity contribution in [2.24, 2.45) is 11.7 Å². The molecule has 0 aromatic carbocycles. The molecule has 0 spiro atoms. The van der Waals surface area contributed by atoms with Crippen molar-refractivity contribution in [1.82, 2.24) is 10.3 Å². The van der Waals surface area contributed by atoms with E-state index in [9.17, 15) is 9.59 Å². The molecule has 1 aliphatic carbocycles. The van der Waals surface area contributed by atoms with Crippen LogP contribution >= 0.6 is 12.4 Å². The summed E-state index contributed by atoms with van der Waals surface area (Å²) in [5.74, 6) is 0.217. The van der Waals surface area contributed by atoms with E-state index in [1.807, 2.05) is 6.92 Å². The number of hydrogen-bond donors (Lipinski definition) is 3. The normalized spacial score (nSPS) is 17.4. The van der Waals surface area contributed by atoms with Gasteiger partial charge in [0.2, 0.25) is 5.56 Å². The Labute approximate surface area is 112 Å². The number of rotatable bonds is 4. The number of aromatic nitrogens is 1. The third-order valence-corrected chi connectivity index (χ3v) is 3.34. The number of aromatic amines is 1. The van der Waals surface area contributed by atoms with Crippen molar-refractivity contribution in [2.75, 3.05) is 6.54 Å². The molecule has 2 rings (SSSR count). The van der Waals surface area contributed by atoms with Gasteiger partial charge in [0, 0.05) is 24.4 Å². The largest absolute Gasteiger partial charge is 0.345 e. The van der Waals surface area contributed by atoms with Gasteiger partial charge in [-0.3, -0.25) is 9.59 Å². The second-order valence-corrected chi connectivity index (χ2v) is 4.79. The first-order valence-electron chi connectivity index (χ1n) is 5.76. The van der Waals surface area contributed by atoms with Gasteiger partial charge in [-0.15, -0.1) is 12.4 Å². The summed E-state index contributed by atoms with van der Waals surface area (Å²) < 4.78 is 0. The monoisotopic (exact) mass is 271 g/mol. The molecule has 0 saturated heterocycles. The fourth-order valence-electron chi connectivity index (χ4n) is 1.96. The Kier molecular flexibility index (Phi) is 4.53. The highest BCUT2D eigenvalue weighted by Crippen LogP contribution is 2.39. The van der Waals surface area contributed by atoms with Gasteiger partial charge in [-0.1, -0.05) is 0 Å². The summed E-state index contributed by atoms with van der Waals surface area (Å²) in [6, 6.07) is 2.87. The number of carbonyl (C=O) groups is 1. The molecule has 18 heavy (non-hydrogen) atoms. The SMILES string of the molecule is CC(CN)(NC(=O)c1cc[nH]c(=O)c1)C1CC1.Cl. The first-order chi connectivity index (χ1) is 8.05. The molecule has 0 aliphatic heterocycles. The van der Waals surface area contributed by atoms with Gasteiger partial charge >= 0.3 is 0 Å². The molecule has 1 aromatic heterocycles. The Bertz CT molecular complexity index is 484. The third kappa shape index (κ3) is 3.11. The maximum atomic E-state index is 12.0. The molecule has 1 atom stereocenters. The van der Waals surface area contributed by atoms with Crippen LogP contribution in [0.15, 0.2) is 23.1 Å². The molecule has 0 radical (unpaired) electrons. The van der Waals surface area contributed by atoms with Crippen molar-refractivity contribution < 1.29 is 4.79 Å². The maximum Gasteiger partial charge on any atom is 0.252 e. The van der Waals surface area contributed by atoms with Crippen LogP contribution in [0.1, 0.15) is 30.1 Å². The highest BCUT2D eigenvalue weighted by atomic mass is 35.5. The van der Waals surface area contributed by atoms with Gasteiger partial charge in [0.25, 0.3) is 5.91 Å². The minimum atomic E-state index is -0.361. The minimum absolute atomic E-state index is 0. The fraction of sp³-hybridized carbons (Fsp3) is 0.500. The van der Waals surface area contributed by atoms with Crippen LogP contribution < -0.4 is 16.6 Å². The number of nitrogens with one attached hydrogen (secondary N) is 2.